The van der Waals surface area contributed by atoms with Crippen molar-refractivity contribution >= 4 is 15.8 Å². The van der Waals surface area contributed by atoms with Crippen molar-refractivity contribution in [3.05, 3.63) is 24.3 Å². The number of ether oxygens (including phenoxy) is 1. The molecule has 0 saturated carbocycles. The van der Waals surface area contributed by atoms with Crippen LogP contribution in [0.25, 0.3) is 0 Å². The number of anilines is 1. The van der Waals surface area contributed by atoms with Crippen LogP contribution in [0.4, 0.5) is 14.6 Å². The van der Waals surface area contributed by atoms with Gasteiger partial charge in [-0.05, 0) is 17.5 Å². The molecule has 0 saturated heterocycles. The zero-order chi connectivity index (χ0) is 14.0. The van der Waals surface area contributed by atoms with Gasteiger partial charge in [-0.2, -0.15) is 8.42 Å². The van der Waals surface area contributed by atoms with E-state index >= 15 is 0 Å². The first-order chi connectivity index (χ1) is 8.11. The van der Waals surface area contributed by atoms with Crippen molar-refractivity contribution in [2.45, 2.75) is 19.6 Å². The highest BCUT2D eigenvalue weighted by Gasteiger charge is 2.28. The Morgan fingerprint density at radius 3 is 2.28 bits per heavy atom. The average molecular weight is 281 g/mol. The van der Waals surface area contributed by atoms with Gasteiger partial charge < -0.3 is 4.74 Å². The molecule has 102 valence electrons. The first kappa shape index (κ1) is 14.7. The molecule has 0 aromatic heterocycles. The summed E-state index contributed by atoms with van der Waals surface area (Å²) in [5.41, 5.74) is -0.484. The maximum absolute atomic E-state index is 12.5. The molecule has 0 heterocycles. The van der Waals surface area contributed by atoms with Crippen molar-refractivity contribution in [3.8, 4) is 5.75 Å². The van der Waals surface area contributed by atoms with Crippen LogP contribution in [0.5, 0.6) is 5.75 Å². The Bertz CT molecular complexity index is 516. The Labute approximate surface area is 104 Å². The van der Waals surface area contributed by atoms with Gasteiger partial charge >= 0.3 is 0 Å². The second-order valence-corrected chi connectivity index (χ2v) is 5.56. The molecule has 0 aliphatic rings. The van der Waals surface area contributed by atoms with Gasteiger partial charge in [0.2, 0.25) is 5.79 Å². The molecule has 5 nitrogen and oxygen atoms in total. The van der Waals surface area contributed by atoms with Crippen LogP contribution in [0, 0.1) is 0 Å². The Morgan fingerprint density at radius 2 is 1.78 bits per heavy atom. The molecule has 0 radical (unpaired) electrons. The lowest BCUT2D eigenvalue weighted by Crippen LogP contribution is -2.34. The van der Waals surface area contributed by atoms with Gasteiger partial charge in [-0.15, -0.1) is 0 Å². The van der Waals surface area contributed by atoms with E-state index in [-0.39, 0.29) is 5.75 Å². The maximum atomic E-state index is 12.5. The van der Waals surface area contributed by atoms with Gasteiger partial charge in [0.05, 0.1) is 6.26 Å². The van der Waals surface area contributed by atoms with Crippen molar-refractivity contribution < 1.29 is 26.3 Å². The largest absolute Gasteiger partial charge is 0.459 e. The number of para-hydroxylation sites is 2. The van der Waals surface area contributed by atoms with E-state index in [1.54, 1.807) is 0 Å². The van der Waals surface area contributed by atoms with Crippen LogP contribution < -0.4 is 10.1 Å². The van der Waals surface area contributed by atoms with Crippen LogP contribution in [0.15, 0.2) is 24.3 Å². The number of halogens is 2. The summed E-state index contributed by atoms with van der Waals surface area (Å²) in [6.45, 7) is 2.62. The molecule has 1 aromatic carbocycles. The van der Waals surface area contributed by atoms with Crippen LogP contribution in [0.1, 0.15) is 13.8 Å². The van der Waals surface area contributed by atoms with Gasteiger partial charge in [0, 0.05) is 13.8 Å². The van der Waals surface area contributed by atoms with E-state index in [4.69, 9.17) is 4.74 Å². The van der Waals surface area contributed by atoms with Crippen LogP contribution in [0.3, 0.4) is 0 Å². The molecule has 0 atom stereocenters. The summed E-state index contributed by atoms with van der Waals surface area (Å²) in [6.07, 6.45) is 0.848. The van der Waals surface area contributed by atoms with E-state index in [1.807, 2.05) is 0 Å². The van der Waals surface area contributed by atoms with Crippen LogP contribution >= 0.6 is 0 Å². The molecule has 0 bridgehead atoms. The predicted molar refractivity (Wildman–Crippen MR) is 61.8 cm³/mol. The Hall–Kier alpha value is -1.41. The number of rotatable bonds is 5. The van der Waals surface area contributed by atoms with Crippen LogP contribution in [0.2, 0.25) is 0 Å². The smallest absolute Gasteiger partial charge is 0.267 e. The highest BCUT2D eigenvalue weighted by Crippen LogP contribution is 2.32. The molecule has 18 heavy (non-hydrogen) atoms. The van der Waals surface area contributed by atoms with Gasteiger partial charge in [0.15, 0.2) is 5.75 Å². The second kappa shape index (κ2) is 5.07. The molecule has 0 amide bonds. The topological polar surface area (TPSA) is 55.8 Å². The van der Waals surface area contributed by atoms with E-state index < -0.39 is 26.9 Å². The second-order valence-electron chi connectivity index (χ2n) is 3.99. The highest BCUT2D eigenvalue weighted by atomic mass is 32.2. The third-order valence-corrected chi connectivity index (χ3v) is 2.46. The number of benzene rings is 1. The van der Waals surface area contributed by atoms with Gasteiger partial charge in [-0.25, -0.2) is 4.18 Å². The Kier molecular flexibility index (Phi) is 4.12. The summed E-state index contributed by atoms with van der Waals surface area (Å²) in [5.74, 6) is -1.77. The Balaban J connectivity index is 2.97. The third kappa shape index (κ3) is 4.46. The molecule has 0 spiro atoms. The standard InChI is InChI=1S/C10H13F2NO4S/c1-10(2,17-18(3,14)15)16-9-7-5-4-6-8(9)13(11)12/h4-7H,1-3H3. The zero-order valence-electron chi connectivity index (χ0n) is 10.1. The number of hydrogen-bond donors (Lipinski definition) is 0. The van der Waals surface area contributed by atoms with Gasteiger partial charge in [0.25, 0.3) is 10.1 Å². The predicted octanol–water partition coefficient (Wildman–Crippen LogP) is 2.35. The van der Waals surface area contributed by atoms with Crippen molar-refractivity contribution in [1.82, 2.24) is 0 Å². The summed E-state index contributed by atoms with van der Waals surface area (Å²) in [5, 5.41) is -1.12. The van der Waals surface area contributed by atoms with Crippen LogP contribution in [-0.2, 0) is 14.3 Å². The lowest BCUT2D eigenvalue weighted by Gasteiger charge is -2.26. The van der Waals surface area contributed by atoms with Gasteiger partial charge in [0.1, 0.15) is 5.69 Å². The molecule has 0 aliphatic carbocycles. The zero-order valence-corrected chi connectivity index (χ0v) is 10.9. The first-order valence-electron chi connectivity index (χ1n) is 4.91. The molecule has 0 aliphatic heterocycles. The minimum Gasteiger partial charge on any atom is -0.459 e. The van der Waals surface area contributed by atoms with Crippen molar-refractivity contribution in [2.75, 3.05) is 11.6 Å². The number of nitrogens with zero attached hydrogens (tertiary/aromatic N) is 1. The van der Waals surface area contributed by atoms with Gasteiger partial charge in [-0.3, -0.25) is 0 Å². The van der Waals surface area contributed by atoms with E-state index in [0.717, 1.165) is 12.3 Å². The minimum atomic E-state index is -3.76. The van der Waals surface area contributed by atoms with Crippen molar-refractivity contribution in [3.63, 3.8) is 0 Å². The molecule has 8 heteroatoms. The van der Waals surface area contributed by atoms with E-state index in [1.165, 1.54) is 32.0 Å². The third-order valence-electron chi connectivity index (χ3n) is 1.76. The maximum Gasteiger partial charge on any atom is 0.267 e. The molecule has 1 rings (SSSR count). The van der Waals surface area contributed by atoms with Gasteiger partial charge in [-0.1, -0.05) is 21.1 Å². The summed E-state index contributed by atoms with van der Waals surface area (Å²) in [7, 11) is -3.76. The molecular formula is C10H13F2NO4S. The minimum absolute atomic E-state index is 0.184. The summed E-state index contributed by atoms with van der Waals surface area (Å²) in [6, 6.07) is 5.30. The highest BCUT2D eigenvalue weighted by molar-refractivity contribution is 7.86. The van der Waals surface area contributed by atoms with E-state index in [0.29, 0.717) is 0 Å². The summed E-state index contributed by atoms with van der Waals surface area (Å²) >= 11 is 0. The monoisotopic (exact) mass is 281 g/mol. The summed E-state index contributed by atoms with van der Waals surface area (Å²) < 4.78 is 56.9. The molecular weight excluding hydrogens is 268 g/mol. The van der Waals surface area contributed by atoms with Crippen molar-refractivity contribution in [2.24, 2.45) is 0 Å². The van der Waals surface area contributed by atoms with Crippen molar-refractivity contribution in [1.29, 1.82) is 0 Å². The molecule has 0 fully saturated rings. The molecule has 0 unspecified atom stereocenters. The normalized spacial score (nSPS) is 12.3. The average Bonchev–Trinajstić information content (AvgIpc) is 2.13. The fourth-order valence-corrected chi connectivity index (χ4v) is 2.09. The fraction of sp³-hybridized carbons (Fsp3) is 0.400. The lowest BCUT2D eigenvalue weighted by atomic mass is 10.3. The lowest BCUT2D eigenvalue weighted by molar-refractivity contribution is -0.0754. The van der Waals surface area contributed by atoms with E-state index in [9.17, 15) is 17.4 Å². The SMILES string of the molecule is CC(C)(Oc1ccccc1N(F)F)OS(C)(=O)=O. The fourth-order valence-electron chi connectivity index (χ4n) is 1.33. The summed E-state index contributed by atoms with van der Waals surface area (Å²) in [4.78, 5) is 0. The number of hydrogen-bond acceptors (Lipinski definition) is 5. The Morgan fingerprint density at radius 1 is 1.22 bits per heavy atom. The molecule has 0 N–H and O–H groups in total. The quantitative estimate of drug-likeness (QED) is 0.471. The van der Waals surface area contributed by atoms with E-state index in [2.05, 4.69) is 4.18 Å². The first-order valence-corrected chi connectivity index (χ1v) is 6.73. The molecule has 1 aromatic rings. The van der Waals surface area contributed by atoms with Crippen LogP contribution in [-0.4, -0.2) is 20.5 Å².